The van der Waals surface area contributed by atoms with Gasteiger partial charge >= 0.3 is 0 Å². The Morgan fingerprint density at radius 2 is 1.84 bits per heavy atom. The van der Waals surface area contributed by atoms with Crippen LogP contribution in [0.25, 0.3) is 22.0 Å². The summed E-state index contributed by atoms with van der Waals surface area (Å²) < 4.78 is 1.79. The van der Waals surface area contributed by atoms with Gasteiger partial charge in [0.15, 0.2) is 5.78 Å². The molecule has 2 aromatic carbocycles. The van der Waals surface area contributed by atoms with E-state index in [1.165, 1.54) is 5.56 Å². The Hall–Kier alpha value is -3.38. The van der Waals surface area contributed by atoms with E-state index in [4.69, 9.17) is 0 Å². The van der Waals surface area contributed by atoms with E-state index in [9.17, 15) is 4.79 Å². The van der Waals surface area contributed by atoms with Gasteiger partial charge < -0.3 is 4.90 Å². The number of rotatable bonds is 5. The molecule has 0 saturated carbocycles. The number of carbonyl (C=O) groups is 1. The zero-order valence-corrected chi connectivity index (χ0v) is 18.5. The van der Waals surface area contributed by atoms with Gasteiger partial charge in [-0.25, -0.2) is 0 Å². The summed E-state index contributed by atoms with van der Waals surface area (Å²) in [5.41, 5.74) is 5.66. The average molecular weight is 426 g/mol. The first-order valence-electron chi connectivity index (χ1n) is 11.1. The van der Waals surface area contributed by atoms with Gasteiger partial charge in [-0.15, -0.1) is 0 Å². The van der Waals surface area contributed by atoms with Gasteiger partial charge in [-0.2, -0.15) is 15.3 Å². The van der Waals surface area contributed by atoms with Crippen molar-refractivity contribution >= 4 is 16.7 Å². The number of Topliss-reactive ketones (excluding diaryl/α,β-unsaturated/α-hetero) is 1. The highest BCUT2D eigenvalue weighted by Crippen LogP contribution is 2.28. The summed E-state index contributed by atoms with van der Waals surface area (Å²) in [5, 5.41) is 13.9. The number of likely N-dealkylation sites (tertiary alicyclic amines) is 1. The highest BCUT2D eigenvalue weighted by Gasteiger charge is 2.19. The summed E-state index contributed by atoms with van der Waals surface area (Å²) in [4.78, 5) is 15.4. The molecule has 6 heteroatoms. The number of hydrogen-bond acceptors (Lipinski definition) is 5. The number of ketones is 1. The number of fused-ring (bicyclic) bond motifs is 1. The maximum atomic E-state index is 13.0. The van der Waals surface area contributed by atoms with Crippen molar-refractivity contribution in [2.45, 2.75) is 25.2 Å². The van der Waals surface area contributed by atoms with E-state index in [-0.39, 0.29) is 12.2 Å². The van der Waals surface area contributed by atoms with Crippen LogP contribution in [0.3, 0.4) is 0 Å². The van der Waals surface area contributed by atoms with E-state index in [2.05, 4.69) is 45.4 Å². The van der Waals surface area contributed by atoms with Crippen LogP contribution < -0.4 is 0 Å². The van der Waals surface area contributed by atoms with Crippen LogP contribution in [0, 0.1) is 0 Å². The molecule has 4 aromatic rings. The summed E-state index contributed by atoms with van der Waals surface area (Å²) in [5.74, 6) is 0.613. The summed E-state index contributed by atoms with van der Waals surface area (Å²) >= 11 is 0. The molecule has 0 spiro atoms. The molecule has 3 heterocycles. The van der Waals surface area contributed by atoms with Crippen molar-refractivity contribution in [2.24, 2.45) is 7.05 Å². The molecule has 1 saturated heterocycles. The maximum absolute atomic E-state index is 13.0. The van der Waals surface area contributed by atoms with Crippen LogP contribution in [-0.4, -0.2) is 50.8 Å². The van der Waals surface area contributed by atoms with Gasteiger partial charge in [0.1, 0.15) is 0 Å². The van der Waals surface area contributed by atoms with E-state index < -0.39 is 0 Å². The topological polar surface area (TPSA) is 63.9 Å². The lowest BCUT2D eigenvalue weighted by Gasteiger charge is -2.29. The molecule has 0 atom stereocenters. The molecule has 6 nitrogen and oxygen atoms in total. The summed E-state index contributed by atoms with van der Waals surface area (Å²) in [6, 6.07) is 16.2. The van der Waals surface area contributed by atoms with Crippen LogP contribution >= 0.6 is 0 Å². The van der Waals surface area contributed by atoms with Crippen LogP contribution in [-0.2, 0) is 13.5 Å². The quantitative estimate of drug-likeness (QED) is 0.447. The SMILES string of the molecule is CN1CCC(c2cccc(C(=O)Cc3cc4cc(-c5cnn(C)c5)ccc4nn3)c2)CC1. The lowest BCUT2D eigenvalue weighted by Crippen LogP contribution is -2.29. The Kier molecular flexibility index (Phi) is 5.53. The number of aryl methyl sites for hydroxylation is 1. The molecule has 162 valence electrons. The first-order chi connectivity index (χ1) is 15.5. The third-order valence-electron chi connectivity index (χ3n) is 6.41. The molecule has 0 bridgehead atoms. The third kappa shape index (κ3) is 4.32. The highest BCUT2D eigenvalue weighted by molar-refractivity contribution is 5.98. The zero-order valence-electron chi connectivity index (χ0n) is 18.5. The fourth-order valence-corrected chi connectivity index (χ4v) is 4.50. The normalized spacial score (nSPS) is 15.3. The second kappa shape index (κ2) is 8.63. The molecule has 5 rings (SSSR count). The Morgan fingerprint density at radius 1 is 1.00 bits per heavy atom. The largest absolute Gasteiger partial charge is 0.306 e. The van der Waals surface area contributed by atoms with Gasteiger partial charge in [0, 0.05) is 29.8 Å². The minimum Gasteiger partial charge on any atom is -0.306 e. The first kappa shape index (κ1) is 20.5. The zero-order chi connectivity index (χ0) is 22.1. The highest BCUT2D eigenvalue weighted by atomic mass is 16.1. The van der Waals surface area contributed by atoms with Crippen molar-refractivity contribution in [3.05, 3.63) is 77.7 Å². The van der Waals surface area contributed by atoms with Gasteiger partial charge in [0.25, 0.3) is 0 Å². The summed E-state index contributed by atoms with van der Waals surface area (Å²) in [6.45, 7) is 2.22. The average Bonchev–Trinajstić information content (AvgIpc) is 3.25. The van der Waals surface area contributed by atoms with Gasteiger partial charge in [-0.1, -0.05) is 24.3 Å². The number of aromatic nitrogens is 4. The molecular weight excluding hydrogens is 398 g/mol. The second-order valence-corrected chi connectivity index (χ2v) is 8.81. The lowest BCUT2D eigenvalue weighted by atomic mass is 9.88. The molecule has 2 aromatic heterocycles. The first-order valence-corrected chi connectivity index (χ1v) is 11.1. The van der Waals surface area contributed by atoms with Crippen LogP contribution in [0.2, 0.25) is 0 Å². The van der Waals surface area contributed by atoms with Crippen molar-refractivity contribution in [1.29, 1.82) is 0 Å². The van der Waals surface area contributed by atoms with E-state index in [1.54, 1.807) is 4.68 Å². The smallest absolute Gasteiger partial charge is 0.168 e. The van der Waals surface area contributed by atoms with Gasteiger partial charge in [0.2, 0.25) is 0 Å². The molecule has 0 N–H and O–H groups in total. The Labute approximate surface area is 187 Å². The van der Waals surface area contributed by atoms with Crippen molar-refractivity contribution in [3.63, 3.8) is 0 Å². The molecule has 1 aliphatic heterocycles. The van der Waals surface area contributed by atoms with E-state index >= 15 is 0 Å². The molecular formula is C26H27N5O. The minimum absolute atomic E-state index is 0.0804. The fraction of sp³-hybridized carbons (Fsp3) is 0.308. The number of nitrogens with zero attached hydrogens (tertiary/aromatic N) is 5. The minimum atomic E-state index is 0.0804. The van der Waals surface area contributed by atoms with E-state index in [0.29, 0.717) is 11.6 Å². The number of piperidine rings is 1. The maximum Gasteiger partial charge on any atom is 0.168 e. The number of hydrogen-bond donors (Lipinski definition) is 0. The molecule has 32 heavy (non-hydrogen) atoms. The van der Waals surface area contributed by atoms with Crippen LogP contribution in [0.1, 0.15) is 40.4 Å². The van der Waals surface area contributed by atoms with E-state index in [0.717, 1.165) is 53.5 Å². The van der Waals surface area contributed by atoms with Crippen LogP contribution in [0.5, 0.6) is 0 Å². The second-order valence-electron chi connectivity index (χ2n) is 8.81. The third-order valence-corrected chi connectivity index (χ3v) is 6.41. The van der Waals surface area contributed by atoms with Crippen molar-refractivity contribution in [2.75, 3.05) is 20.1 Å². The van der Waals surface area contributed by atoms with Crippen LogP contribution in [0.15, 0.2) is 60.9 Å². The van der Waals surface area contributed by atoms with Crippen molar-refractivity contribution in [1.82, 2.24) is 24.9 Å². The molecule has 0 amide bonds. The number of benzene rings is 2. The van der Waals surface area contributed by atoms with Gasteiger partial charge in [-0.3, -0.25) is 9.48 Å². The Balaban J connectivity index is 1.36. The van der Waals surface area contributed by atoms with Crippen molar-refractivity contribution in [3.8, 4) is 11.1 Å². The molecule has 0 radical (unpaired) electrons. The van der Waals surface area contributed by atoms with Gasteiger partial charge in [0.05, 0.1) is 23.8 Å². The molecule has 0 aliphatic carbocycles. The monoisotopic (exact) mass is 425 g/mol. The Bertz CT molecular complexity index is 1270. The summed E-state index contributed by atoms with van der Waals surface area (Å²) in [6.07, 6.45) is 6.36. The van der Waals surface area contributed by atoms with Crippen molar-refractivity contribution < 1.29 is 4.79 Å². The molecule has 1 aliphatic rings. The predicted molar refractivity (Wildman–Crippen MR) is 126 cm³/mol. The summed E-state index contributed by atoms with van der Waals surface area (Å²) in [7, 11) is 4.07. The van der Waals surface area contributed by atoms with Gasteiger partial charge in [-0.05, 0) is 74.3 Å². The Morgan fingerprint density at radius 3 is 2.62 bits per heavy atom. The van der Waals surface area contributed by atoms with Crippen LogP contribution in [0.4, 0.5) is 0 Å². The molecule has 1 fully saturated rings. The lowest BCUT2D eigenvalue weighted by molar-refractivity contribution is 0.0991. The standard InChI is InChI=1S/C26H27N5O/c1-30-10-8-18(9-11-30)19-4-3-5-21(12-19)26(32)15-24-14-22-13-20(6-7-25(22)29-28-24)23-16-27-31(2)17-23/h3-7,12-14,16-18H,8-11,15H2,1-2H3. The predicted octanol–water partition coefficient (Wildman–Crippen LogP) is 4.26. The van der Waals surface area contributed by atoms with E-state index in [1.807, 2.05) is 49.8 Å². The molecule has 0 unspecified atom stereocenters. The fourth-order valence-electron chi connectivity index (χ4n) is 4.50. The number of carbonyl (C=O) groups excluding carboxylic acids is 1.